The molecule has 5 rings (SSSR count). The van der Waals surface area contributed by atoms with Gasteiger partial charge in [-0.05, 0) is 43.7 Å². The van der Waals surface area contributed by atoms with Crippen LogP contribution in [0.25, 0.3) is 0 Å². The van der Waals surface area contributed by atoms with E-state index < -0.39 is 34.8 Å². The van der Waals surface area contributed by atoms with Crippen molar-refractivity contribution in [2.45, 2.75) is 26.0 Å². The Balaban J connectivity index is 1.64. The largest absolute Gasteiger partial charge is 0.274 e. The maximum absolute atomic E-state index is 13.7. The molecule has 2 fully saturated rings. The molecule has 3 aromatic rings. The van der Waals surface area contributed by atoms with Crippen LogP contribution in [0.4, 0.5) is 17.1 Å². The van der Waals surface area contributed by atoms with Gasteiger partial charge in [0.1, 0.15) is 12.0 Å². The van der Waals surface area contributed by atoms with Crippen molar-refractivity contribution in [2.24, 2.45) is 5.92 Å². The minimum atomic E-state index is -1.08. The summed E-state index contributed by atoms with van der Waals surface area (Å²) in [6.45, 7) is 3.78. The molecule has 2 aliphatic heterocycles. The number of nitro benzene ring substituents is 1. The Bertz CT molecular complexity index is 1280. The fourth-order valence-corrected chi connectivity index (χ4v) is 4.73. The number of aryl methyl sites for hydroxylation is 2. The second-order valence-corrected chi connectivity index (χ2v) is 8.28. The van der Waals surface area contributed by atoms with E-state index in [-0.39, 0.29) is 5.69 Å². The van der Waals surface area contributed by atoms with Crippen LogP contribution in [0.1, 0.15) is 22.7 Å². The van der Waals surface area contributed by atoms with E-state index in [4.69, 9.17) is 4.84 Å². The zero-order valence-corrected chi connectivity index (χ0v) is 18.0. The van der Waals surface area contributed by atoms with Gasteiger partial charge in [0.15, 0.2) is 6.10 Å². The van der Waals surface area contributed by atoms with Crippen LogP contribution in [-0.2, 0) is 14.4 Å². The second kappa shape index (κ2) is 7.83. The summed E-state index contributed by atoms with van der Waals surface area (Å²) >= 11 is 0. The lowest BCUT2D eigenvalue weighted by Gasteiger charge is -2.28. The molecule has 0 bridgehead atoms. The first-order valence-electron chi connectivity index (χ1n) is 10.6. The van der Waals surface area contributed by atoms with E-state index in [9.17, 15) is 19.7 Å². The van der Waals surface area contributed by atoms with Crippen LogP contribution in [0.2, 0.25) is 0 Å². The highest BCUT2D eigenvalue weighted by atomic mass is 16.7. The Kier molecular flexibility index (Phi) is 4.94. The van der Waals surface area contributed by atoms with Gasteiger partial charge in [-0.25, -0.2) is 9.96 Å². The SMILES string of the molecule is Cc1ccc(N2C(=O)[C@H]3[C@@H](c4ccccc4[N+](=O)[O-])N(c4ccccc4)O[C@H]3C2=O)c(C)c1. The van der Waals surface area contributed by atoms with Gasteiger partial charge in [-0.3, -0.25) is 24.5 Å². The van der Waals surface area contributed by atoms with Gasteiger partial charge in [-0.1, -0.05) is 48.0 Å². The summed E-state index contributed by atoms with van der Waals surface area (Å²) in [5.74, 6) is -1.84. The number of carbonyl (C=O) groups excluding carboxylic acids is 2. The van der Waals surface area contributed by atoms with Gasteiger partial charge in [0, 0.05) is 6.07 Å². The van der Waals surface area contributed by atoms with Crippen molar-refractivity contribution < 1.29 is 19.3 Å². The van der Waals surface area contributed by atoms with E-state index in [1.807, 2.05) is 32.0 Å². The van der Waals surface area contributed by atoms with E-state index in [0.717, 1.165) is 16.0 Å². The van der Waals surface area contributed by atoms with E-state index in [1.54, 1.807) is 48.5 Å². The predicted octanol–water partition coefficient (Wildman–Crippen LogP) is 4.26. The summed E-state index contributed by atoms with van der Waals surface area (Å²) in [4.78, 5) is 45.7. The van der Waals surface area contributed by atoms with Crippen LogP contribution in [-0.4, -0.2) is 22.8 Å². The predicted molar refractivity (Wildman–Crippen MR) is 122 cm³/mol. The van der Waals surface area contributed by atoms with Crippen LogP contribution in [0, 0.1) is 29.9 Å². The molecule has 0 spiro atoms. The number of rotatable bonds is 4. The molecule has 3 atom stereocenters. The summed E-state index contributed by atoms with van der Waals surface area (Å²) in [5.41, 5.74) is 3.11. The zero-order valence-electron chi connectivity index (χ0n) is 18.0. The highest BCUT2D eigenvalue weighted by Crippen LogP contribution is 2.49. The number of carbonyl (C=O) groups is 2. The van der Waals surface area contributed by atoms with Crippen molar-refractivity contribution in [2.75, 3.05) is 9.96 Å². The van der Waals surface area contributed by atoms with Crippen molar-refractivity contribution in [3.05, 3.63) is 99.6 Å². The Morgan fingerprint density at radius 3 is 2.30 bits per heavy atom. The van der Waals surface area contributed by atoms with Gasteiger partial charge in [0.2, 0.25) is 5.91 Å². The molecule has 3 aromatic carbocycles. The first-order chi connectivity index (χ1) is 15.9. The van der Waals surface area contributed by atoms with Gasteiger partial charge < -0.3 is 0 Å². The average molecular weight is 443 g/mol. The van der Waals surface area contributed by atoms with Gasteiger partial charge >= 0.3 is 0 Å². The first-order valence-corrected chi connectivity index (χ1v) is 10.6. The minimum absolute atomic E-state index is 0.127. The van der Waals surface area contributed by atoms with E-state index in [2.05, 4.69) is 0 Å². The Morgan fingerprint density at radius 2 is 1.61 bits per heavy atom. The molecule has 0 unspecified atom stereocenters. The third-order valence-electron chi connectivity index (χ3n) is 6.17. The van der Waals surface area contributed by atoms with Gasteiger partial charge in [0.05, 0.1) is 21.9 Å². The number of benzene rings is 3. The molecule has 33 heavy (non-hydrogen) atoms. The van der Waals surface area contributed by atoms with Crippen LogP contribution in [0.15, 0.2) is 72.8 Å². The monoisotopic (exact) mass is 443 g/mol. The van der Waals surface area contributed by atoms with Crippen LogP contribution in [0.3, 0.4) is 0 Å². The number of hydrogen-bond acceptors (Lipinski definition) is 6. The standard InChI is InChI=1S/C25H21N3O5/c1-15-12-13-19(16(2)14-15)26-24(29)21-22(18-10-6-7-11-20(18)28(31)32)27(33-23(21)25(26)30)17-8-4-3-5-9-17/h3-14,21-23H,1-2H3/t21-,22+,23+/m0/s1. The highest BCUT2D eigenvalue weighted by Gasteiger charge is 2.61. The van der Waals surface area contributed by atoms with Crippen molar-refractivity contribution in [1.29, 1.82) is 0 Å². The molecule has 2 saturated heterocycles. The maximum atomic E-state index is 13.7. The number of hydroxylamine groups is 1. The minimum Gasteiger partial charge on any atom is -0.273 e. The van der Waals surface area contributed by atoms with Crippen molar-refractivity contribution in [1.82, 2.24) is 0 Å². The zero-order chi connectivity index (χ0) is 23.3. The number of nitrogens with zero attached hydrogens (tertiary/aromatic N) is 3. The summed E-state index contributed by atoms with van der Waals surface area (Å²) < 4.78 is 0. The van der Waals surface area contributed by atoms with Crippen LogP contribution in [0.5, 0.6) is 0 Å². The molecule has 2 amide bonds. The molecule has 166 valence electrons. The normalized spacial score (nSPS) is 22.1. The molecule has 0 radical (unpaired) electrons. The fourth-order valence-electron chi connectivity index (χ4n) is 4.73. The molecule has 2 aliphatic rings. The maximum Gasteiger partial charge on any atom is 0.274 e. The van der Waals surface area contributed by atoms with Crippen molar-refractivity contribution in [3.63, 3.8) is 0 Å². The van der Waals surface area contributed by atoms with Crippen LogP contribution < -0.4 is 9.96 Å². The second-order valence-electron chi connectivity index (χ2n) is 8.28. The third-order valence-corrected chi connectivity index (χ3v) is 6.17. The number of nitro groups is 1. The van der Waals surface area contributed by atoms with Gasteiger partial charge in [-0.2, -0.15) is 0 Å². The van der Waals surface area contributed by atoms with E-state index in [1.165, 1.54) is 11.1 Å². The van der Waals surface area contributed by atoms with Crippen molar-refractivity contribution >= 4 is 28.9 Å². The first kappa shape index (κ1) is 20.8. The van der Waals surface area contributed by atoms with E-state index in [0.29, 0.717) is 16.9 Å². The lowest BCUT2D eigenvalue weighted by molar-refractivity contribution is -0.385. The fraction of sp³-hybridized carbons (Fsp3) is 0.200. The third kappa shape index (κ3) is 3.27. The lowest BCUT2D eigenvalue weighted by Crippen LogP contribution is -2.37. The smallest absolute Gasteiger partial charge is 0.273 e. The average Bonchev–Trinajstić information content (AvgIpc) is 3.31. The molecule has 0 aromatic heterocycles. The molecule has 0 N–H and O–H groups in total. The number of anilines is 2. The number of amides is 2. The molecule has 0 aliphatic carbocycles. The molecule has 8 heteroatoms. The Labute approximate surface area is 190 Å². The quantitative estimate of drug-likeness (QED) is 0.340. The summed E-state index contributed by atoms with van der Waals surface area (Å²) in [7, 11) is 0. The lowest BCUT2D eigenvalue weighted by atomic mass is 9.89. The topological polar surface area (TPSA) is 93.0 Å². The summed E-state index contributed by atoms with van der Waals surface area (Å²) in [6, 6.07) is 19.9. The molecular weight excluding hydrogens is 422 g/mol. The summed E-state index contributed by atoms with van der Waals surface area (Å²) in [6.07, 6.45) is -1.08. The van der Waals surface area contributed by atoms with Gasteiger partial charge in [-0.15, -0.1) is 0 Å². The molecule has 8 nitrogen and oxygen atoms in total. The number of imide groups is 1. The van der Waals surface area contributed by atoms with Gasteiger partial charge in [0.25, 0.3) is 11.6 Å². The number of para-hydroxylation sites is 2. The Morgan fingerprint density at radius 1 is 0.909 bits per heavy atom. The number of fused-ring (bicyclic) bond motifs is 1. The molecular formula is C25H21N3O5. The van der Waals surface area contributed by atoms with Crippen molar-refractivity contribution in [3.8, 4) is 0 Å². The Hall–Kier alpha value is -4.04. The summed E-state index contributed by atoms with van der Waals surface area (Å²) in [5, 5.41) is 13.3. The molecule has 2 heterocycles. The van der Waals surface area contributed by atoms with E-state index >= 15 is 0 Å². The highest BCUT2D eigenvalue weighted by molar-refractivity contribution is 6.24. The molecule has 0 saturated carbocycles. The van der Waals surface area contributed by atoms with Crippen LogP contribution >= 0.6 is 0 Å². The number of hydrogen-bond donors (Lipinski definition) is 0.